The van der Waals surface area contributed by atoms with Gasteiger partial charge in [0.15, 0.2) is 0 Å². The summed E-state index contributed by atoms with van der Waals surface area (Å²) in [5.41, 5.74) is 3.85. The van der Waals surface area contributed by atoms with Gasteiger partial charge in [-0.2, -0.15) is 0 Å². The van der Waals surface area contributed by atoms with Crippen LogP contribution in [-0.4, -0.2) is 25.5 Å². The van der Waals surface area contributed by atoms with Crippen LogP contribution < -0.4 is 10.6 Å². The fourth-order valence-electron chi connectivity index (χ4n) is 2.84. The van der Waals surface area contributed by atoms with E-state index in [2.05, 4.69) is 42.7 Å². The molecule has 2 rings (SSSR count). The highest BCUT2D eigenvalue weighted by molar-refractivity contribution is 5.76. The second-order valence-corrected chi connectivity index (χ2v) is 5.93. The van der Waals surface area contributed by atoms with E-state index in [0.29, 0.717) is 6.42 Å². The number of hydrogen-bond acceptors (Lipinski definition) is 2. The van der Waals surface area contributed by atoms with Crippen molar-refractivity contribution in [2.45, 2.75) is 39.5 Å². The number of hydrogen-bond donors (Lipinski definition) is 2. The minimum Gasteiger partial charge on any atom is -0.356 e. The molecule has 1 atom stereocenters. The summed E-state index contributed by atoms with van der Waals surface area (Å²) in [6.07, 6.45) is 3.77. The molecule has 0 aliphatic carbocycles. The summed E-state index contributed by atoms with van der Waals surface area (Å²) in [5, 5.41) is 6.40. The standard InChI is InChI=1S/C17H26N2O/c1-13-3-4-16(14(2)11-13)5-6-17(20)19-10-8-15-7-9-18-12-15/h3-4,11,15,18H,5-10,12H2,1-2H3,(H,19,20). The molecule has 0 spiro atoms. The minimum absolute atomic E-state index is 0.177. The van der Waals surface area contributed by atoms with Crippen molar-refractivity contribution in [3.05, 3.63) is 34.9 Å². The van der Waals surface area contributed by atoms with Crippen LogP contribution in [0.2, 0.25) is 0 Å². The van der Waals surface area contributed by atoms with Crippen LogP contribution >= 0.6 is 0 Å². The SMILES string of the molecule is Cc1ccc(CCC(=O)NCCC2CCNC2)c(C)c1. The summed E-state index contributed by atoms with van der Waals surface area (Å²) in [6, 6.07) is 6.44. The second-order valence-electron chi connectivity index (χ2n) is 5.93. The van der Waals surface area contributed by atoms with E-state index < -0.39 is 0 Å². The second kappa shape index (κ2) is 7.44. The summed E-state index contributed by atoms with van der Waals surface area (Å²) in [7, 11) is 0. The molecule has 2 N–H and O–H groups in total. The number of nitrogens with one attached hydrogen (secondary N) is 2. The lowest BCUT2D eigenvalue weighted by molar-refractivity contribution is -0.121. The minimum atomic E-state index is 0.177. The Bertz CT molecular complexity index is 450. The third-order valence-electron chi connectivity index (χ3n) is 4.16. The Hall–Kier alpha value is -1.35. The zero-order chi connectivity index (χ0) is 14.4. The van der Waals surface area contributed by atoms with Gasteiger partial charge in [-0.05, 0) is 63.2 Å². The molecule has 3 nitrogen and oxygen atoms in total. The van der Waals surface area contributed by atoms with Crippen molar-refractivity contribution >= 4 is 5.91 Å². The Morgan fingerprint density at radius 2 is 2.25 bits per heavy atom. The molecule has 0 saturated carbocycles. The number of amides is 1. The van der Waals surface area contributed by atoms with Gasteiger partial charge in [0.25, 0.3) is 0 Å². The highest BCUT2D eigenvalue weighted by Gasteiger charge is 2.14. The molecular formula is C17H26N2O. The van der Waals surface area contributed by atoms with Gasteiger partial charge in [-0.1, -0.05) is 23.8 Å². The van der Waals surface area contributed by atoms with Crippen LogP contribution in [0, 0.1) is 19.8 Å². The van der Waals surface area contributed by atoms with Crippen molar-refractivity contribution in [2.75, 3.05) is 19.6 Å². The predicted molar refractivity (Wildman–Crippen MR) is 82.8 cm³/mol. The number of carbonyl (C=O) groups excluding carboxylic acids is 1. The van der Waals surface area contributed by atoms with Crippen molar-refractivity contribution in [1.29, 1.82) is 0 Å². The molecule has 1 unspecified atom stereocenters. The van der Waals surface area contributed by atoms with E-state index in [4.69, 9.17) is 0 Å². The topological polar surface area (TPSA) is 41.1 Å². The van der Waals surface area contributed by atoms with Crippen LogP contribution in [0.5, 0.6) is 0 Å². The van der Waals surface area contributed by atoms with Crippen LogP contribution in [0.3, 0.4) is 0 Å². The van der Waals surface area contributed by atoms with Crippen LogP contribution in [-0.2, 0) is 11.2 Å². The molecule has 1 aromatic carbocycles. The zero-order valence-corrected chi connectivity index (χ0v) is 12.7. The average Bonchev–Trinajstić information content (AvgIpc) is 2.91. The van der Waals surface area contributed by atoms with Gasteiger partial charge < -0.3 is 10.6 Å². The average molecular weight is 274 g/mol. The molecule has 1 amide bonds. The third-order valence-corrected chi connectivity index (χ3v) is 4.16. The number of benzene rings is 1. The smallest absolute Gasteiger partial charge is 0.220 e. The van der Waals surface area contributed by atoms with E-state index in [0.717, 1.165) is 38.4 Å². The molecule has 110 valence electrons. The lowest BCUT2D eigenvalue weighted by atomic mass is 10.0. The van der Waals surface area contributed by atoms with E-state index in [1.165, 1.54) is 23.1 Å². The molecule has 0 bridgehead atoms. The van der Waals surface area contributed by atoms with Gasteiger partial charge in [0.05, 0.1) is 0 Å². The van der Waals surface area contributed by atoms with Gasteiger partial charge >= 0.3 is 0 Å². The quantitative estimate of drug-likeness (QED) is 0.836. The first-order chi connectivity index (χ1) is 9.65. The monoisotopic (exact) mass is 274 g/mol. The van der Waals surface area contributed by atoms with E-state index in [1.54, 1.807) is 0 Å². The summed E-state index contributed by atoms with van der Waals surface area (Å²) >= 11 is 0. The van der Waals surface area contributed by atoms with E-state index in [9.17, 15) is 4.79 Å². The van der Waals surface area contributed by atoms with Crippen LogP contribution in [0.15, 0.2) is 18.2 Å². The first-order valence-corrected chi connectivity index (χ1v) is 7.68. The predicted octanol–water partition coefficient (Wildman–Crippen LogP) is 2.35. The zero-order valence-electron chi connectivity index (χ0n) is 12.7. The first-order valence-electron chi connectivity index (χ1n) is 7.68. The Morgan fingerprint density at radius 1 is 1.40 bits per heavy atom. The van der Waals surface area contributed by atoms with Gasteiger partial charge in [0.1, 0.15) is 0 Å². The Morgan fingerprint density at radius 3 is 2.95 bits per heavy atom. The number of rotatable bonds is 6. The first kappa shape index (κ1) is 15.0. The Labute approximate surface area is 122 Å². The Balaban J connectivity index is 1.66. The lowest BCUT2D eigenvalue weighted by Gasteiger charge is -2.10. The number of carbonyl (C=O) groups is 1. The summed E-state index contributed by atoms with van der Waals surface area (Å²) in [5.74, 6) is 0.922. The highest BCUT2D eigenvalue weighted by atomic mass is 16.1. The molecule has 1 aliphatic rings. The molecule has 1 aromatic rings. The van der Waals surface area contributed by atoms with Gasteiger partial charge in [-0.25, -0.2) is 0 Å². The molecule has 0 aromatic heterocycles. The lowest BCUT2D eigenvalue weighted by Crippen LogP contribution is -2.26. The molecule has 1 saturated heterocycles. The molecule has 1 heterocycles. The van der Waals surface area contributed by atoms with Crippen LogP contribution in [0.4, 0.5) is 0 Å². The van der Waals surface area contributed by atoms with Gasteiger partial charge in [-0.3, -0.25) is 4.79 Å². The van der Waals surface area contributed by atoms with Gasteiger partial charge in [-0.15, -0.1) is 0 Å². The van der Waals surface area contributed by atoms with Crippen molar-refractivity contribution in [1.82, 2.24) is 10.6 Å². The van der Waals surface area contributed by atoms with Crippen LogP contribution in [0.25, 0.3) is 0 Å². The van der Waals surface area contributed by atoms with E-state index >= 15 is 0 Å². The van der Waals surface area contributed by atoms with Crippen molar-refractivity contribution < 1.29 is 4.79 Å². The van der Waals surface area contributed by atoms with Crippen molar-refractivity contribution in [3.63, 3.8) is 0 Å². The fourth-order valence-corrected chi connectivity index (χ4v) is 2.84. The van der Waals surface area contributed by atoms with Gasteiger partial charge in [0.2, 0.25) is 5.91 Å². The molecule has 1 aliphatic heterocycles. The van der Waals surface area contributed by atoms with Gasteiger partial charge in [0, 0.05) is 13.0 Å². The third kappa shape index (κ3) is 4.64. The highest BCUT2D eigenvalue weighted by Crippen LogP contribution is 2.13. The van der Waals surface area contributed by atoms with Crippen LogP contribution in [0.1, 0.15) is 36.0 Å². The maximum absolute atomic E-state index is 11.8. The molecule has 0 radical (unpaired) electrons. The fraction of sp³-hybridized carbons (Fsp3) is 0.588. The van der Waals surface area contributed by atoms with Crippen molar-refractivity contribution in [2.24, 2.45) is 5.92 Å². The Kier molecular flexibility index (Phi) is 5.60. The summed E-state index contributed by atoms with van der Waals surface area (Å²) in [4.78, 5) is 11.8. The molecule has 20 heavy (non-hydrogen) atoms. The normalized spacial score (nSPS) is 18.2. The largest absolute Gasteiger partial charge is 0.356 e. The number of aryl methyl sites for hydroxylation is 3. The van der Waals surface area contributed by atoms with E-state index in [1.807, 2.05) is 0 Å². The summed E-state index contributed by atoms with van der Waals surface area (Å²) < 4.78 is 0. The maximum Gasteiger partial charge on any atom is 0.220 e. The summed E-state index contributed by atoms with van der Waals surface area (Å²) in [6.45, 7) is 7.27. The molecule has 1 fully saturated rings. The van der Waals surface area contributed by atoms with Crippen molar-refractivity contribution in [3.8, 4) is 0 Å². The molecule has 3 heteroatoms. The maximum atomic E-state index is 11.8. The van der Waals surface area contributed by atoms with E-state index in [-0.39, 0.29) is 5.91 Å². The molecular weight excluding hydrogens is 248 g/mol.